The van der Waals surface area contributed by atoms with Gasteiger partial charge in [-0.15, -0.1) is 11.3 Å². The lowest BCUT2D eigenvalue weighted by molar-refractivity contribution is -0.193. The molecule has 0 saturated heterocycles. The Morgan fingerprint density at radius 2 is 1.93 bits per heavy atom. The third-order valence-electron chi connectivity index (χ3n) is 1.82. The molecule has 0 radical (unpaired) electrons. The maximum absolute atomic E-state index is 5.57. The molecule has 0 spiro atoms. The van der Waals surface area contributed by atoms with Crippen molar-refractivity contribution in [2.75, 3.05) is 7.11 Å². The van der Waals surface area contributed by atoms with E-state index in [1.54, 1.807) is 18.4 Å². The molecule has 1 rings (SSSR count). The van der Waals surface area contributed by atoms with Crippen LogP contribution in [0.4, 0.5) is 0 Å². The lowest BCUT2D eigenvalue weighted by Crippen LogP contribution is -2.23. The van der Waals surface area contributed by atoms with Gasteiger partial charge in [-0.05, 0) is 26.2 Å². The van der Waals surface area contributed by atoms with E-state index in [-0.39, 0.29) is 12.6 Å². The third kappa shape index (κ3) is 3.29. The van der Waals surface area contributed by atoms with E-state index in [0.29, 0.717) is 0 Å². The van der Waals surface area contributed by atoms with E-state index >= 15 is 0 Å². The fourth-order valence-corrected chi connectivity index (χ4v) is 1.76. The number of thiophene rings is 1. The first-order valence-corrected chi connectivity index (χ1v) is 5.45. The molecule has 0 saturated carbocycles. The van der Waals surface area contributed by atoms with Crippen LogP contribution in [0.15, 0.2) is 10.8 Å². The van der Waals surface area contributed by atoms with Crippen molar-refractivity contribution in [2.45, 2.75) is 33.4 Å². The fourth-order valence-electron chi connectivity index (χ4n) is 1.00. The Kier molecular flexibility index (Phi) is 4.38. The quantitative estimate of drug-likeness (QED) is 0.708. The summed E-state index contributed by atoms with van der Waals surface area (Å²) < 4.78 is 15.9. The van der Waals surface area contributed by atoms with E-state index in [9.17, 15) is 0 Å². The smallest absolute Gasteiger partial charge is 0.199 e. The minimum absolute atomic E-state index is 0.246. The Morgan fingerprint density at radius 3 is 2.43 bits per heavy atom. The predicted octanol–water partition coefficient (Wildman–Crippen LogP) is 2.79. The van der Waals surface area contributed by atoms with Crippen molar-refractivity contribution in [1.82, 2.24) is 0 Å². The molecule has 0 fully saturated rings. The molecule has 14 heavy (non-hydrogen) atoms. The highest BCUT2D eigenvalue weighted by Crippen LogP contribution is 2.23. The van der Waals surface area contributed by atoms with Crippen LogP contribution < -0.4 is 4.74 Å². The lowest BCUT2D eigenvalue weighted by Gasteiger charge is -2.18. The summed E-state index contributed by atoms with van der Waals surface area (Å²) in [6.07, 6.45) is -0.540. The second-order valence-electron chi connectivity index (χ2n) is 3.04. The molecule has 0 aliphatic carbocycles. The van der Waals surface area contributed by atoms with Crippen molar-refractivity contribution in [3.8, 4) is 5.75 Å². The monoisotopic (exact) mass is 216 g/mol. The number of rotatable bonds is 5. The molecule has 0 N–H and O–H groups in total. The molecule has 3 nitrogen and oxygen atoms in total. The molecule has 0 bridgehead atoms. The van der Waals surface area contributed by atoms with Gasteiger partial charge in [0.05, 0.1) is 0 Å². The van der Waals surface area contributed by atoms with Crippen molar-refractivity contribution >= 4 is 11.3 Å². The molecule has 4 heteroatoms. The van der Waals surface area contributed by atoms with Crippen LogP contribution in [0.5, 0.6) is 5.75 Å². The SMILES string of the molecule is COC(C)OC(C)Oc1cscc1C. The molecule has 1 aromatic heterocycles. The normalized spacial score (nSPS) is 15.1. The van der Waals surface area contributed by atoms with Gasteiger partial charge in [-0.1, -0.05) is 0 Å². The van der Waals surface area contributed by atoms with Crippen LogP contribution in [0.3, 0.4) is 0 Å². The van der Waals surface area contributed by atoms with Gasteiger partial charge in [0.15, 0.2) is 12.6 Å². The second-order valence-corrected chi connectivity index (χ2v) is 3.79. The van der Waals surface area contributed by atoms with Gasteiger partial charge in [0.1, 0.15) is 5.75 Å². The molecular formula is C10H16O3S. The van der Waals surface area contributed by atoms with Crippen molar-refractivity contribution < 1.29 is 14.2 Å². The van der Waals surface area contributed by atoms with Gasteiger partial charge in [-0.3, -0.25) is 0 Å². The van der Waals surface area contributed by atoms with Gasteiger partial charge in [0, 0.05) is 18.1 Å². The highest BCUT2D eigenvalue weighted by molar-refractivity contribution is 7.08. The summed E-state index contributed by atoms with van der Waals surface area (Å²) in [5, 5.41) is 4.01. The molecular weight excluding hydrogens is 200 g/mol. The van der Waals surface area contributed by atoms with Gasteiger partial charge in [0.2, 0.25) is 0 Å². The Morgan fingerprint density at radius 1 is 1.21 bits per heavy atom. The largest absolute Gasteiger partial charge is 0.464 e. The minimum Gasteiger partial charge on any atom is -0.464 e. The van der Waals surface area contributed by atoms with Crippen molar-refractivity contribution in [2.24, 2.45) is 0 Å². The zero-order chi connectivity index (χ0) is 10.6. The second kappa shape index (κ2) is 5.34. The van der Waals surface area contributed by atoms with Gasteiger partial charge in [-0.2, -0.15) is 0 Å². The molecule has 0 aromatic carbocycles. The van der Waals surface area contributed by atoms with Gasteiger partial charge in [-0.25, -0.2) is 0 Å². The Hall–Kier alpha value is -0.580. The first kappa shape index (κ1) is 11.5. The maximum Gasteiger partial charge on any atom is 0.199 e. The van der Waals surface area contributed by atoms with E-state index in [0.717, 1.165) is 11.3 Å². The molecule has 80 valence electrons. The Balaban J connectivity index is 2.41. The van der Waals surface area contributed by atoms with E-state index in [1.165, 1.54) is 0 Å². The lowest BCUT2D eigenvalue weighted by atomic mass is 10.4. The predicted molar refractivity (Wildman–Crippen MR) is 56.7 cm³/mol. The van der Waals surface area contributed by atoms with Crippen LogP contribution in [-0.2, 0) is 9.47 Å². The molecule has 1 heterocycles. The summed E-state index contributed by atoms with van der Waals surface area (Å²) in [5.41, 5.74) is 1.13. The zero-order valence-corrected chi connectivity index (χ0v) is 9.76. The minimum atomic E-state index is -0.293. The molecule has 0 amide bonds. The van der Waals surface area contributed by atoms with Crippen LogP contribution >= 0.6 is 11.3 Å². The number of methoxy groups -OCH3 is 1. The van der Waals surface area contributed by atoms with E-state index in [4.69, 9.17) is 14.2 Å². The van der Waals surface area contributed by atoms with Crippen LogP contribution in [-0.4, -0.2) is 19.7 Å². The van der Waals surface area contributed by atoms with Crippen LogP contribution in [0.1, 0.15) is 19.4 Å². The number of ether oxygens (including phenoxy) is 3. The summed E-state index contributed by atoms with van der Waals surface area (Å²) in [6.45, 7) is 5.70. The van der Waals surface area contributed by atoms with Crippen molar-refractivity contribution in [3.63, 3.8) is 0 Å². The molecule has 2 unspecified atom stereocenters. The summed E-state index contributed by atoms with van der Waals surface area (Å²) in [7, 11) is 1.60. The summed E-state index contributed by atoms with van der Waals surface area (Å²) >= 11 is 1.62. The van der Waals surface area contributed by atoms with Gasteiger partial charge < -0.3 is 14.2 Å². The molecule has 1 aromatic rings. The van der Waals surface area contributed by atoms with Gasteiger partial charge >= 0.3 is 0 Å². The van der Waals surface area contributed by atoms with Crippen molar-refractivity contribution in [3.05, 3.63) is 16.3 Å². The topological polar surface area (TPSA) is 27.7 Å². The average molecular weight is 216 g/mol. The van der Waals surface area contributed by atoms with Crippen LogP contribution in [0, 0.1) is 6.92 Å². The van der Waals surface area contributed by atoms with Crippen LogP contribution in [0.25, 0.3) is 0 Å². The Labute approximate surface area is 88.6 Å². The van der Waals surface area contributed by atoms with Crippen molar-refractivity contribution in [1.29, 1.82) is 0 Å². The van der Waals surface area contributed by atoms with Crippen LogP contribution in [0.2, 0.25) is 0 Å². The zero-order valence-electron chi connectivity index (χ0n) is 8.94. The van der Waals surface area contributed by atoms with Gasteiger partial charge in [0.25, 0.3) is 0 Å². The number of hydrogen-bond acceptors (Lipinski definition) is 4. The van der Waals surface area contributed by atoms with E-state index < -0.39 is 0 Å². The maximum atomic E-state index is 5.57. The Bertz CT molecular complexity index is 272. The molecule has 0 aliphatic rings. The average Bonchev–Trinajstić information content (AvgIpc) is 2.51. The van der Waals surface area contributed by atoms with E-state index in [1.807, 2.05) is 31.5 Å². The summed E-state index contributed by atoms with van der Waals surface area (Å²) in [6, 6.07) is 0. The highest BCUT2D eigenvalue weighted by atomic mass is 32.1. The molecule has 2 atom stereocenters. The molecule has 0 aliphatic heterocycles. The highest BCUT2D eigenvalue weighted by Gasteiger charge is 2.10. The number of hydrogen-bond donors (Lipinski definition) is 0. The standard InChI is InChI=1S/C10H16O3S/c1-7-5-14-6-10(7)13-9(3)12-8(2)11-4/h5-6,8-9H,1-4H3. The first-order chi connectivity index (χ1) is 6.63. The fraction of sp³-hybridized carbons (Fsp3) is 0.600. The number of aryl methyl sites for hydroxylation is 1. The summed E-state index contributed by atoms with van der Waals surface area (Å²) in [5.74, 6) is 0.880. The third-order valence-corrected chi connectivity index (χ3v) is 2.66. The first-order valence-electron chi connectivity index (χ1n) is 4.51. The summed E-state index contributed by atoms with van der Waals surface area (Å²) in [4.78, 5) is 0. The van der Waals surface area contributed by atoms with E-state index in [2.05, 4.69) is 0 Å².